The lowest BCUT2D eigenvalue weighted by Gasteiger charge is -2.24. The zero-order chi connectivity index (χ0) is 15.7. The first-order valence-corrected chi connectivity index (χ1v) is 7.56. The van der Waals surface area contributed by atoms with Gasteiger partial charge in [0.05, 0.1) is 13.2 Å². The lowest BCUT2D eigenvalue weighted by molar-refractivity contribution is -0.121. The van der Waals surface area contributed by atoms with Crippen LogP contribution in [-0.2, 0) is 9.53 Å². The van der Waals surface area contributed by atoms with Gasteiger partial charge in [-0.15, -0.1) is 0 Å². The van der Waals surface area contributed by atoms with Gasteiger partial charge in [0.2, 0.25) is 5.91 Å². The van der Waals surface area contributed by atoms with Crippen molar-refractivity contribution in [2.45, 2.75) is 38.8 Å². The summed E-state index contributed by atoms with van der Waals surface area (Å²) in [6, 6.07) is -0.0232. The minimum Gasteiger partial charge on any atom is -0.383 e. The molecule has 1 unspecified atom stereocenters. The maximum absolute atomic E-state index is 11.9. The SMILES string of the molecule is COCCN(CC(=O)NC(=O)NC(C)C)CC1CCCN1. The number of amides is 3. The number of hydrogen-bond acceptors (Lipinski definition) is 5. The monoisotopic (exact) mass is 300 g/mol. The molecule has 1 rings (SSSR count). The first-order chi connectivity index (χ1) is 10.0. The summed E-state index contributed by atoms with van der Waals surface area (Å²) in [7, 11) is 1.64. The van der Waals surface area contributed by atoms with Crippen molar-refractivity contribution in [1.82, 2.24) is 20.9 Å². The Labute approximate surface area is 126 Å². The molecule has 0 radical (unpaired) electrons. The van der Waals surface area contributed by atoms with E-state index in [4.69, 9.17) is 4.74 Å². The summed E-state index contributed by atoms with van der Waals surface area (Å²) < 4.78 is 5.08. The molecule has 1 saturated heterocycles. The maximum atomic E-state index is 11.9. The quantitative estimate of drug-likeness (QED) is 0.584. The van der Waals surface area contributed by atoms with Gasteiger partial charge in [-0.05, 0) is 33.2 Å². The summed E-state index contributed by atoms with van der Waals surface area (Å²) in [4.78, 5) is 25.4. The Kier molecular flexibility index (Phi) is 8.26. The number of nitrogens with zero attached hydrogens (tertiary/aromatic N) is 1. The lowest BCUT2D eigenvalue weighted by atomic mass is 10.2. The third-order valence-electron chi connectivity index (χ3n) is 3.29. The molecule has 21 heavy (non-hydrogen) atoms. The van der Waals surface area contributed by atoms with Crippen molar-refractivity contribution in [3.63, 3.8) is 0 Å². The second kappa shape index (κ2) is 9.70. The molecule has 1 aliphatic rings. The molecular formula is C14H28N4O3. The first kappa shape index (κ1) is 17.9. The second-order valence-corrected chi connectivity index (χ2v) is 5.70. The van der Waals surface area contributed by atoms with Crippen molar-refractivity contribution in [1.29, 1.82) is 0 Å². The standard InChI is InChI=1S/C14H28N4O3/c1-11(2)16-14(20)17-13(19)10-18(7-8-21-3)9-12-5-4-6-15-12/h11-12,15H,4-10H2,1-3H3,(H2,16,17,19,20). The van der Waals surface area contributed by atoms with Gasteiger partial charge in [-0.1, -0.05) is 0 Å². The van der Waals surface area contributed by atoms with Crippen molar-refractivity contribution in [3.8, 4) is 0 Å². The molecular weight excluding hydrogens is 272 g/mol. The van der Waals surface area contributed by atoms with Crippen LogP contribution in [0.4, 0.5) is 4.79 Å². The van der Waals surface area contributed by atoms with E-state index in [0.717, 1.165) is 19.5 Å². The Morgan fingerprint density at radius 3 is 2.76 bits per heavy atom. The van der Waals surface area contributed by atoms with E-state index in [2.05, 4.69) is 16.0 Å². The van der Waals surface area contributed by atoms with Gasteiger partial charge in [0.15, 0.2) is 0 Å². The van der Waals surface area contributed by atoms with Crippen molar-refractivity contribution in [2.24, 2.45) is 0 Å². The number of urea groups is 1. The summed E-state index contributed by atoms with van der Waals surface area (Å²) in [5, 5.41) is 8.40. The van der Waals surface area contributed by atoms with Gasteiger partial charge in [-0.25, -0.2) is 4.79 Å². The molecule has 0 aromatic carbocycles. The molecule has 1 aliphatic heterocycles. The van der Waals surface area contributed by atoms with Gasteiger partial charge in [0.1, 0.15) is 0 Å². The van der Waals surface area contributed by atoms with Gasteiger partial charge in [0, 0.05) is 32.3 Å². The van der Waals surface area contributed by atoms with E-state index in [1.165, 1.54) is 6.42 Å². The van der Waals surface area contributed by atoms with Crippen molar-refractivity contribution < 1.29 is 14.3 Å². The van der Waals surface area contributed by atoms with Crippen LogP contribution in [-0.4, -0.2) is 68.8 Å². The molecule has 0 spiro atoms. The van der Waals surface area contributed by atoms with Crippen molar-refractivity contribution >= 4 is 11.9 Å². The summed E-state index contributed by atoms with van der Waals surface area (Å²) in [6.07, 6.45) is 2.30. The highest BCUT2D eigenvalue weighted by Gasteiger charge is 2.20. The van der Waals surface area contributed by atoms with Crippen LogP contribution in [0, 0.1) is 0 Å². The predicted molar refractivity (Wildman–Crippen MR) is 81.2 cm³/mol. The van der Waals surface area contributed by atoms with Gasteiger partial charge in [0.25, 0.3) is 0 Å². The average molecular weight is 300 g/mol. The van der Waals surface area contributed by atoms with Gasteiger partial charge in [-0.3, -0.25) is 15.0 Å². The molecule has 3 N–H and O–H groups in total. The van der Waals surface area contributed by atoms with E-state index in [9.17, 15) is 9.59 Å². The zero-order valence-corrected chi connectivity index (χ0v) is 13.3. The molecule has 3 amide bonds. The topological polar surface area (TPSA) is 82.7 Å². The molecule has 1 fully saturated rings. The average Bonchev–Trinajstić information content (AvgIpc) is 2.87. The molecule has 7 heteroatoms. The Bertz CT molecular complexity index is 330. The molecule has 1 heterocycles. The molecule has 0 saturated carbocycles. The highest BCUT2D eigenvalue weighted by Crippen LogP contribution is 2.06. The fraction of sp³-hybridized carbons (Fsp3) is 0.857. The van der Waals surface area contributed by atoms with E-state index < -0.39 is 6.03 Å². The number of nitrogens with one attached hydrogen (secondary N) is 3. The fourth-order valence-electron chi connectivity index (χ4n) is 2.35. The second-order valence-electron chi connectivity index (χ2n) is 5.70. The van der Waals surface area contributed by atoms with Gasteiger partial charge in [-0.2, -0.15) is 0 Å². The number of carbonyl (C=O) groups is 2. The molecule has 1 atom stereocenters. The van der Waals surface area contributed by atoms with Crippen LogP contribution in [0.25, 0.3) is 0 Å². The highest BCUT2D eigenvalue weighted by molar-refractivity contribution is 5.95. The molecule has 7 nitrogen and oxygen atoms in total. The Balaban J connectivity index is 2.38. The summed E-state index contributed by atoms with van der Waals surface area (Å²) in [5.74, 6) is -0.290. The van der Waals surface area contributed by atoms with E-state index >= 15 is 0 Å². The molecule has 122 valence electrons. The lowest BCUT2D eigenvalue weighted by Crippen LogP contribution is -2.48. The largest absolute Gasteiger partial charge is 0.383 e. The maximum Gasteiger partial charge on any atom is 0.321 e. The molecule has 0 aliphatic carbocycles. The smallest absolute Gasteiger partial charge is 0.321 e. The van der Waals surface area contributed by atoms with Crippen LogP contribution in [0.5, 0.6) is 0 Å². The Morgan fingerprint density at radius 1 is 1.43 bits per heavy atom. The van der Waals surface area contributed by atoms with Crippen molar-refractivity contribution in [2.75, 3.05) is 39.9 Å². The number of methoxy groups -OCH3 is 1. The number of ether oxygens (including phenoxy) is 1. The Morgan fingerprint density at radius 2 is 2.19 bits per heavy atom. The van der Waals surface area contributed by atoms with Crippen LogP contribution in [0.3, 0.4) is 0 Å². The summed E-state index contributed by atoms with van der Waals surface area (Å²) in [5.41, 5.74) is 0. The van der Waals surface area contributed by atoms with Crippen LogP contribution in [0.15, 0.2) is 0 Å². The van der Waals surface area contributed by atoms with Gasteiger partial charge < -0.3 is 15.4 Å². The van der Waals surface area contributed by atoms with E-state index in [1.807, 2.05) is 18.7 Å². The number of carbonyl (C=O) groups excluding carboxylic acids is 2. The summed E-state index contributed by atoms with van der Waals surface area (Å²) in [6.45, 7) is 6.97. The molecule has 0 bridgehead atoms. The van der Waals surface area contributed by atoms with Crippen molar-refractivity contribution in [3.05, 3.63) is 0 Å². The fourth-order valence-corrected chi connectivity index (χ4v) is 2.35. The van der Waals surface area contributed by atoms with Crippen LogP contribution in [0.1, 0.15) is 26.7 Å². The summed E-state index contributed by atoms with van der Waals surface area (Å²) >= 11 is 0. The third-order valence-corrected chi connectivity index (χ3v) is 3.29. The molecule has 0 aromatic rings. The number of rotatable bonds is 8. The first-order valence-electron chi connectivity index (χ1n) is 7.56. The van der Waals surface area contributed by atoms with E-state index in [1.54, 1.807) is 7.11 Å². The van der Waals surface area contributed by atoms with E-state index in [0.29, 0.717) is 19.2 Å². The Hall–Kier alpha value is -1.18. The zero-order valence-electron chi connectivity index (χ0n) is 13.3. The minimum absolute atomic E-state index is 0.00471. The molecule has 0 aromatic heterocycles. The van der Waals surface area contributed by atoms with E-state index in [-0.39, 0.29) is 18.5 Å². The number of hydrogen-bond donors (Lipinski definition) is 3. The highest BCUT2D eigenvalue weighted by atomic mass is 16.5. The van der Waals surface area contributed by atoms with Crippen LogP contribution in [0.2, 0.25) is 0 Å². The van der Waals surface area contributed by atoms with Crippen LogP contribution >= 0.6 is 0 Å². The normalized spacial score (nSPS) is 18.2. The van der Waals surface area contributed by atoms with Crippen LogP contribution < -0.4 is 16.0 Å². The number of imide groups is 1. The predicted octanol–water partition coefficient (Wildman–Crippen LogP) is -0.0790. The third kappa shape index (κ3) is 7.99. The minimum atomic E-state index is -0.444. The van der Waals surface area contributed by atoms with Gasteiger partial charge >= 0.3 is 6.03 Å².